The summed E-state index contributed by atoms with van der Waals surface area (Å²) in [6, 6.07) is 14.0. The number of amides is 1. The van der Waals surface area contributed by atoms with Crippen molar-refractivity contribution in [1.82, 2.24) is 4.98 Å². The molecular formula is C22H23N5O4S. The first-order valence-corrected chi connectivity index (χ1v) is 10.4. The van der Waals surface area contributed by atoms with E-state index < -0.39 is 17.8 Å². The van der Waals surface area contributed by atoms with Gasteiger partial charge in [-0.25, -0.2) is 4.98 Å². The molecule has 1 heterocycles. The van der Waals surface area contributed by atoms with Crippen LogP contribution in [0.3, 0.4) is 0 Å². The second-order valence-corrected chi connectivity index (χ2v) is 7.92. The monoisotopic (exact) mass is 453 g/mol. The number of nitrogens with one attached hydrogen (secondary N) is 1. The van der Waals surface area contributed by atoms with Gasteiger partial charge in [0.2, 0.25) is 11.0 Å². The molecule has 0 fully saturated rings. The number of aliphatic carboxylic acids is 1. The van der Waals surface area contributed by atoms with Gasteiger partial charge in [-0.3, -0.25) is 9.59 Å². The Balaban J connectivity index is 1.85. The van der Waals surface area contributed by atoms with Crippen LogP contribution in [0, 0.1) is 6.92 Å². The Hall–Kier alpha value is -3.92. The standard InChI is InChI=1S/C22H23N5O4S/c1-12-19(32-22(25-12)27-21(23)24)14-4-3-5-15(10-14)26-20(30)17(11-18(28)29)13-6-8-16(31-2)9-7-13/h3-10,17H,11H2,1-2H3,(H,26,30)(H,28,29)(H4,23,24,25,27). The minimum Gasteiger partial charge on any atom is -0.497 e. The number of aromatic nitrogens is 1. The second kappa shape index (κ2) is 9.92. The number of methoxy groups -OCH3 is 1. The molecule has 1 aromatic heterocycles. The SMILES string of the molecule is COc1ccc(C(CC(=O)O)C(=O)Nc2cccc(-c3sc(N=C(N)N)nc3C)c2)cc1. The van der Waals surface area contributed by atoms with Gasteiger partial charge in [0.25, 0.3) is 0 Å². The number of guanidine groups is 1. The molecule has 10 heteroatoms. The molecule has 3 rings (SSSR count). The maximum absolute atomic E-state index is 13.0. The Bertz CT molecular complexity index is 1150. The summed E-state index contributed by atoms with van der Waals surface area (Å²) in [5, 5.41) is 12.6. The van der Waals surface area contributed by atoms with Crippen LogP contribution >= 0.6 is 11.3 Å². The van der Waals surface area contributed by atoms with Gasteiger partial charge < -0.3 is 26.6 Å². The summed E-state index contributed by atoms with van der Waals surface area (Å²) in [6.07, 6.45) is -0.340. The Morgan fingerprint density at radius 1 is 1.22 bits per heavy atom. The normalized spacial score (nSPS) is 11.4. The summed E-state index contributed by atoms with van der Waals surface area (Å²) in [7, 11) is 1.54. The zero-order valence-corrected chi connectivity index (χ0v) is 18.3. The quantitative estimate of drug-likeness (QED) is 0.302. The highest BCUT2D eigenvalue weighted by atomic mass is 32.1. The van der Waals surface area contributed by atoms with Crippen LogP contribution in [0.1, 0.15) is 23.6 Å². The van der Waals surface area contributed by atoms with Gasteiger partial charge in [0.05, 0.1) is 30.0 Å². The van der Waals surface area contributed by atoms with E-state index in [0.29, 0.717) is 22.1 Å². The van der Waals surface area contributed by atoms with Gasteiger partial charge in [0, 0.05) is 5.69 Å². The topological polar surface area (TPSA) is 153 Å². The van der Waals surface area contributed by atoms with Gasteiger partial charge in [-0.15, -0.1) is 0 Å². The minimum atomic E-state index is -1.07. The molecule has 6 N–H and O–H groups in total. The van der Waals surface area contributed by atoms with Gasteiger partial charge in [0.15, 0.2) is 5.96 Å². The van der Waals surface area contributed by atoms with Crippen molar-refractivity contribution in [3.63, 3.8) is 0 Å². The van der Waals surface area contributed by atoms with Crippen molar-refractivity contribution in [2.24, 2.45) is 16.5 Å². The van der Waals surface area contributed by atoms with Gasteiger partial charge in [0.1, 0.15) is 5.75 Å². The lowest BCUT2D eigenvalue weighted by atomic mass is 9.94. The van der Waals surface area contributed by atoms with E-state index >= 15 is 0 Å². The summed E-state index contributed by atoms with van der Waals surface area (Å²) in [4.78, 5) is 33.5. The number of carboxylic acid groups (broad SMARTS) is 1. The van der Waals surface area contributed by atoms with E-state index in [1.54, 1.807) is 42.5 Å². The van der Waals surface area contributed by atoms with E-state index in [4.69, 9.17) is 16.2 Å². The van der Waals surface area contributed by atoms with Crippen molar-refractivity contribution in [3.05, 3.63) is 59.8 Å². The molecule has 32 heavy (non-hydrogen) atoms. The summed E-state index contributed by atoms with van der Waals surface area (Å²) >= 11 is 1.32. The van der Waals surface area contributed by atoms with Crippen molar-refractivity contribution in [1.29, 1.82) is 0 Å². The first-order chi connectivity index (χ1) is 15.3. The molecular weight excluding hydrogens is 430 g/mol. The van der Waals surface area contributed by atoms with Gasteiger partial charge in [-0.05, 0) is 42.3 Å². The number of hydrogen-bond donors (Lipinski definition) is 4. The first-order valence-electron chi connectivity index (χ1n) is 9.61. The van der Waals surface area contributed by atoms with Crippen molar-refractivity contribution in [3.8, 4) is 16.2 Å². The van der Waals surface area contributed by atoms with Crippen LogP contribution in [0.2, 0.25) is 0 Å². The molecule has 0 spiro atoms. The largest absolute Gasteiger partial charge is 0.497 e. The number of carbonyl (C=O) groups is 2. The van der Waals surface area contributed by atoms with Crippen LogP contribution in [0.25, 0.3) is 10.4 Å². The third kappa shape index (κ3) is 5.61. The average molecular weight is 454 g/mol. The van der Waals surface area contributed by atoms with E-state index in [1.807, 2.05) is 13.0 Å². The Morgan fingerprint density at radius 2 is 1.94 bits per heavy atom. The summed E-state index contributed by atoms with van der Waals surface area (Å²) in [6.45, 7) is 1.84. The fourth-order valence-electron chi connectivity index (χ4n) is 3.15. The molecule has 9 nitrogen and oxygen atoms in total. The first kappa shape index (κ1) is 22.8. The van der Waals surface area contributed by atoms with Crippen molar-refractivity contribution in [2.75, 3.05) is 12.4 Å². The van der Waals surface area contributed by atoms with Crippen LogP contribution in [-0.2, 0) is 9.59 Å². The summed E-state index contributed by atoms with van der Waals surface area (Å²) in [5.74, 6) is -1.80. The molecule has 0 radical (unpaired) electrons. The third-order valence-corrected chi connectivity index (χ3v) is 5.72. The molecule has 1 atom stereocenters. The maximum Gasteiger partial charge on any atom is 0.304 e. The van der Waals surface area contributed by atoms with Crippen molar-refractivity contribution in [2.45, 2.75) is 19.3 Å². The summed E-state index contributed by atoms with van der Waals surface area (Å²) < 4.78 is 5.13. The molecule has 166 valence electrons. The number of aliphatic imine (C=N–C) groups is 1. The van der Waals surface area contributed by atoms with Crippen LogP contribution in [-0.4, -0.2) is 35.0 Å². The van der Waals surface area contributed by atoms with Gasteiger partial charge in [-0.2, -0.15) is 4.99 Å². The van der Waals surface area contributed by atoms with E-state index in [-0.39, 0.29) is 12.4 Å². The predicted octanol–water partition coefficient (Wildman–Crippen LogP) is 3.23. The Labute approximate surface area is 188 Å². The van der Waals surface area contributed by atoms with E-state index in [9.17, 15) is 14.7 Å². The number of ether oxygens (including phenoxy) is 1. The van der Waals surface area contributed by atoms with Crippen molar-refractivity contribution >= 4 is 40.0 Å². The molecule has 0 aliphatic rings. The molecule has 1 amide bonds. The number of carboxylic acids is 1. The highest BCUT2D eigenvalue weighted by Crippen LogP contribution is 2.35. The number of rotatable bonds is 8. The van der Waals surface area contributed by atoms with Crippen LogP contribution in [0.15, 0.2) is 53.5 Å². The number of anilines is 1. The highest BCUT2D eigenvalue weighted by molar-refractivity contribution is 7.18. The minimum absolute atomic E-state index is 0.0747. The fourth-order valence-corrected chi connectivity index (χ4v) is 4.10. The van der Waals surface area contributed by atoms with E-state index in [1.165, 1.54) is 18.4 Å². The van der Waals surface area contributed by atoms with Gasteiger partial charge in [-0.1, -0.05) is 35.6 Å². The van der Waals surface area contributed by atoms with Crippen LogP contribution < -0.4 is 21.5 Å². The molecule has 0 saturated heterocycles. The second-order valence-electron chi connectivity index (χ2n) is 6.94. The Kier molecular flexibility index (Phi) is 7.06. The third-order valence-electron chi connectivity index (χ3n) is 4.62. The lowest BCUT2D eigenvalue weighted by Gasteiger charge is -2.16. The number of nitrogens with zero attached hydrogens (tertiary/aromatic N) is 2. The maximum atomic E-state index is 13.0. The zero-order chi connectivity index (χ0) is 23.3. The number of carbonyl (C=O) groups excluding carboxylic acids is 1. The number of benzene rings is 2. The zero-order valence-electron chi connectivity index (χ0n) is 17.5. The molecule has 0 aliphatic heterocycles. The molecule has 2 aromatic carbocycles. The molecule has 1 unspecified atom stereocenters. The van der Waals surface area contributed by atoms with Gasteiger partial charge >= 0.3 is 5.97 Å². The number of thiazole rings is 1. The average Bonchev–Trinajstić information content (AvgIpc) is 3.11. The predicted molar refractivity (Wildman–Crippen MR) is 124 cm³/mol. The number of nitrogens with two attached hydrogens (primary N) is 2. The van der Waals surface area contributed by atoms with E-state index in [2.05, 4.69) is 15.3 Å². The molecule has 0 bridgehead atoms. The smallest absolute Gasteiger partial charge is 0.304 e. The molecule has 0 saturated carbocycles. The Morgan fingerprint density at radius 3 is 2.56 bits per heavy atom. The molecule has 3 aromatic rings. The van der Waals surface area contributed by atoms with Crippen LogP contribution in [0.5, 0.6) is 5.75 Å². The highest BCUT2D eigenvalue weighted by Gasteiger charge is 2.24. The lowest BCUT2D eigenvalue weighted by Crippen LogP contribution is -2.23. The summed E-state index contributed by atoms with van der Waals surface area (Å²) in [5.41, 5.74) is 13.6. The fraction of sp³-hybridized carbons (Fsp3) is 0.182. The van der Waals surface area contributed by atoms with Crippen LogP contribution in [0.4, 0.5) is 10.8 Å². The molecule has 0 aliphatic carbocycles. The number of aryl methyl sites for hydroxylation is 1. The van der Waals surface area contributed by atoms with E-state index in [0.717, 1.165) is 16.1 Å². The number of hydrogen-bond acceptors (Lipinski definition) is 6. The lowest BCUT2D eigenvalue weighted by molar-refractivity contribution is -0.139. The van der Waals surface area contributed by atoms with Crippen molar-refractivity contribution < 1.29 is 19.4 Å².